The number of rotatable bonds is 5. The number of esters is 2. The zero-order valence-corrected chi connectivity index (χ0v) is 15.3. The molecule has 0 aliphatic heterocycles. The summed E-state index contributed by atoms with van der Waals surface area (Å²) in [5, 5.41) is 0. The first kappa shape index (κ1) is 18.3. The number of hydrogen-bond acceptors (Lipinski definition) is 5. The zero-order valence-electron chi connectivity index (χ0n) is 15.3. The summed E-state index contributed by atoms with van der Waals surface area (Å²) in [5.41, 5.74) is 2.32. The fourth-order valence-electron chi connectivity index (χ4n) is 2.90. The molecule has 6 heteroatoms. The third-order valence-corrected chi connectivity index (χ3v) is 4.21. The largest absolute Gasteiger partial charge is 0.497 e. The summed E-state index contributed by atoms with van der Waals surface area (Å²) in [4.78, 5) is 25.1. The predicted octanol–water partition coefficient (Wildman–Crippen LogP) is 3.73. The van der Waals surface area contributed by atoms with Gasteiger partial charge in [0.25, 0.3) is 0 Å². The van der Waals surface area contributed by atoms with Gasteiger partial charge in [-0.25, -0.2) is 9.59 Å². The molecule has 1 heterocycles. The molecule has 0 atom stereocenters. The van der Waals surface area contributed by atoms with Gasteiger partial charge >= 0.3 is 11.9 Å². The Labute approximate surface area is 156 Å². The van der Waals surface area contributed by atoms with Crippen LogP contribution in [0.1, 0.15) is 20.8 Å². The van der Waals surface area contributed by atoms with Gasteiger partial charge in [-0.2, -0.15) is 0 Å². The van der Waals surface area contributed by atoms with Crippen LogP contribution in [0.15, 0.2) is 60.8 Å². The van der Waals surface area contributed by atoms with Gasteiger partial charge in [-0.05, 0) is 29.8 Å². The van der Waals surface area contributed by atoms with Crippen LogP contribution in [0.25, 0.3) is 16.8 Å². The summed E-state index contributed by atoms with van der Waals surface area (Å²) in [6, 6.07) is 16.5. The lowest BCUT2D eigenvalue weighted by molar-refractivity contribution is 0.0550. The molecule has 3 rings (SSSR count). The van der Waals surface area contributed by atoms with Crippen LogP contribution in [0.3, 0.4) is 0 Å². The van der Waals surface area contributed by atoms with E-state index in [4.69, 9.17) is 14.2 Å². The van der Waals surface area contributed by atoms with Crippen molar-refractivity contribution in [1.82, 2.24) is 4.57 Å². The maximum Gasteiger partial charge on any atom is 0.355 e. The van der Waals surface area contributed by atoms with Gasteiger partial charge in [0.05, 0.1) is 21.3 Å². The number of carbonyl (C=O) groups is 2. The third-order valence-electron chi connectivity index (χ3n) is 4.21. The summed E-state index contributed by atoms with van der Waals surface area (Å²) in [7, 11) is 4.13. The lowest BCUT2D eigenvalue weighted by atomic mass is 10.0. The standard InChI is InChI=1S/C21H19NO5/c1-25-16-11-9-15(10-12-16)22-13-17(14-7-5-4-6-8-14)18(20(23)26-2)19(22)21(24)27-3/h4-13H,1-3H3. The van der Waals surface area contributed by atoms with Gasteiger partial charge in [-0.15, -0.1) is 0 Å². The molecule has 0 saturated carbocycles. The minimum Gasteiger partial charge on any atom is -0.497 e. The van der Waals surface area contributed by atoms with Crippen LogP contribution in [0, 0.1) is 0 Å². The molecule has 0 fully saturated rings. The number of aromatic nitrogens is 1. The molecule has 0 aliphatic carbocycles. The highest BCUT2D eigenvalue weighted by molar-refractivity contribution is 6.08. The first-order valence-corrected chi connectivity index (χ1v) is 8.22. The molecule has 2 aromatic carbocycles. The minimum absolute atomic E-state index is 0.105. The van der Waals surface area contributed by atoms with Crippen LogP contribution >= 0.6 is 0 Å². The van der Waals surface area contributed by atoms with Crippen molar-refractivity contribution >= 4 is 11.9 Å². The molecule has 6 nitrogen and oxygen atoms in total. The van der Waals surface area contributed by atoms with Gasteiger partial charge in [-0.1, -0.05) is 30.3 Å². The van der Waals surface area contributed by atoms with E-state index in [1.54, 1.807) is 42.1 Å². The summed E-state index contributed by atoms with van der Waals surface area (Å²) < 4.78 is 16.7. The second kappa shape index (κ2) is 7.78. The van der Waals surface area contributed by atoms with E-state index in [2.05, 4.69) is 0 Å². The summed E-state index contributed by atoms with van der Waals surface area (Å²) in [6.07, 6.45) is 1.73. The normalized spacial score (nSPS) is 10.3. The monoisotopic (exact) mass is 365 g/mol. The third kappa shape index (κ3) is 3.42. The van der Waals surface area contributed by atoms with E-state index in [1.165, 1.54) is 14.2 Å². The summed E-state index contributed by atoms with van der Waals surface area (Å²) in [6.45, 7) is 0. The van der Waals surface area contributed by atoms with Crippen LogP contribution in [-0.4, -0.2) is 37.8 Å². The Kier molecular flexibility index (Phi) is 5.26. The molecule has 0 radical (unpaired) electrons. The number of ether oxygens (including phenoxy) is 3. The average Bonchev–Trinajstić information content (AvgIpc) is 3.14. The molecule has 0 unspecified atom stereocenters. The molecule has 138 valence electrons. The SMILES string of the molecule is COC(=O)c1c(-c2ccccc2)cn(-c2ccc(OC)cc2)c1C(=O)OC. The second-order valence-corrected chi connectivity index (χ2v) is 5.68. The molecule has 0 amide bonds. The van der Waals surface area contributed by atoms with Crippen molar-refractivity contribution in [2.45, 2.75) is 0 Å². The fraction of sp³-hybridized carbons (Fsp3) is 0.143. The van der Waals surface area contributed by atoms with E-state index >= 15 is 0 Å². The smallest absolute Gasteiger partial charge is 0.355 e. The van der Waals surface area contributed by atoms with Crippen molar-refractivity contribution in [2.75, 3.05) is 21.3 Å². The van der Waals surface area contributed by atoms with Crippen molar-refractivity contribution in [3.8, 4) is 22.6 Å². The molecular weight excluding hydrogens is 346 g/mol. The molecule has 0 N–H and O–H groups in total. The maximum atomic E-state index is 12.5. The Morgan fingerprint density at radius 1 is 0.815 bits per heavy atom. The minimum atomic E-state index is -0.631. The van der Waals surface area contributed by atoms with Gasteiger partial charge in [0.2, 0.25) is 0 Å². The quantitative estimate of drug-likeness (QED) is 0.645. The van der Waals surface area contributed by atoms with Gasteiger partial charge < -0.3 is 18.8 Å². The van der Waals surface area contributed by atoms with Crippen LogP contribution in [0.4, 0.5) is 0 Å². The van der Waals surface area contributed by atoms with Crippen molar-refractivity contribution in [3.63, 3.8) is 0 Å². The lowest BCUT2D eigenvalue weighted by Crippen LogP contribution is -2.15. The van der Waals surface area contributed by atoms with Crippen molar-refractivity contribution < 1.29 is 23.8 Å². The van der Waals surface area contributed by atoms with Crippen molar-refractivity contribution in [2.24, 2.45) is 0 Å². The molecule has 0 bridgehead atoms. The van der Waals surface area contributed by atoms with E-state index in [-0.39, 0.29) is 11.3 Å². The first-order valence-electron chi connectivity index (χ1n) is 8.22. The van der Waals surface area contributed by atoms with Gasteiger partial charge in [-0.3, -0.25) is 0 Å². The Bertz CT molecular complexity index is 958. The van der Waals surface area contributed by atoms with Gasteiger partial charge in [0.15, 0.2) is 0 Å². The van der Waals surface area contributed by atoms with Crippen LogP contribution in [0.2, 0.25) is 0 Å². The van der Waals surface area contributed by atoms with E-state index < -0.39 is 11.9 Å². The van der Waals surface area contributed by atoms with E-state index in [1.807, 2.05) is 30.3 Å². The zero-order chi connectivity index (χ0) is 19.4. The Balaban J connectivity index is 2.30. The van der Waals surface area contributed by atoms with Gasteiger partial charge in [0, 0.05) is 17.4 Å². The molecule has 0 aliphatic rings. The number of benzene rings is 2. The van der Waals surface area contributed by atoms with Crippen LogP contribution < -0.4 is 4.74 Å². The van der Waals surface area contributed by atoms with Crippen molar-refractivity contribution in [3.05, 3.63) is 72.1 Å². The molecule has 0 spiro atoms. The van der Waals surface area contributed by atoms with E-state index in [9.17, 15) is 9.59 Å². The molecular formula is C21H19NO5. The Morgan fingerprint density at radius 3 is 2.00 bits per heavy atom. The highest BCUT2D eigenvalue weighted by Gasteiger charge is 2.29. The first-order chi connectivity index (χ1) is 13.1. The Hall–Kier alpha value is -3.54. The number of hydrogen-bond donors (Lipinski definition) is 0. The topological polar surface area (TPSA) is 66.8 Å². The molecule has 3 aromatic rings. The highest BCUT2D eigenvalue weighted by Crippen LogP contribution is 2.32. The summed E-state index contributed by atoms with van der Waals surface area (Å²) >= 11 is 0. The average molecular weight is 365 g/mol. The highest BCUT2D eigenvalue weighted by atomic mass is 16.5. The van der Waals surface area contributed by atoms with E-state index in [0.717, 1.165) is 5.56 Å². The Morgan fingerprint density at radius 2 is 1.44 bits per heavy atom. The van der Waals surface area contributed by atoms with E-state index in [0.29, 0.717) is 17.0 Å². The van der Waals surface area contributed by atoms with Crippen LogP contribution in [-0.2, 0) is 9.47 Å². The van der Waals surface area contributed by atoms with Crippen LogP contribution in [0.5, 0.6) is 5.75 Å². The number of carbonyl (C=O) groups excluding carboxylic acids is 2. The predicted molar refractivity (Wildman–Crippen MR) is 100 cm³/mol. The lowest BCUT2D eigenvalue weighted by Gasteiger charge is -2.10. The number of methoxy groups -OCH3 is 3. The van der Waals surface area contributed by atoms with Crippen molar-refractivity contribution in [1.29, 1.82) is 0 Å². The molecule has 27 heavy (non-hydrogen) atoms. The fourth-order valence-corrected chi connectivity index (χ4v) is 2.90. The summed E-state index contributed by atoms with van der Waals surface area (Å²) in [5.74, 6) is -0.558. The molecule has 1 aromatic heterocycles. The maximum absolute atomic E-state index is 12.5. The van der Waals surface area contributed by atoms with Gasteiger partial charge in [0.1, 0.15) is 17.0 Å². The second-order valence-electron chi connectivity index (χ2n) is 5.68. The molecule has 0 saturated heterocycles. The number of nitrogens with zero attached hydrogens (tertiary/aromatic N) is 1.